The average Bonchev–Trinajstić information content (AvgIpc) is 3.18. The van der Waals surface area contributed by atoms with Gasteiger partial charge in [0.2, 0.25) is 4.96 Å². The van der Waals surface area contributed by atoms with Gasteiger partial charge in [-0.3, -0.25) is 4.98 Å². The maximum absolute atomic E-state index is 6.24. The second kappa shape index (κ2) is 6.92. The van der Waals surface area contributed by atoms with E-state index in [2.05, 4.69) is 20.3 Å². The summed E-state index contributed by atoms with van der Waals surface area (Å²) in [7, 11) is 0. The molecule has 25 heavy (non-hydrogen) atoms. The Morgan fingerprint density at radius 1 is 1.04 bits per heavy atom. The lowest BCUT2D eigenvalue weighted by atomic mass is 10.1. The molecule has 0 saturated heterocycles. The molecule has 5 nitrogen and oxygen atoms in total. The first-order chi connectivity index (χ1) is 12.2. The van der Waals surface area contributed by atoms with Crippen molar-refractivity contribution in [1.29, 1.82) is 0 Å². The van der Waals surface area contributed by atoms with E-state index in [0.717, 1.165) is 21.1 Å². The molecule has 0 amide bonds. The first-order valence-corrected chi connectivity index (χ1v) is 9.00. The lowest BCUT2D eigenvalue weighted by molar-refractivity contribution is 0.849. The molecule has 0 radical (unpaired) electrons. The third kappa shape index (κ3) is 3.42. The van der Waals surface area contributed by atoms with Crippen molar-refractivity contribution in [3.8, 4) is 0 Å². The Morgan fingerprint density at radius 3 is 2.64 bits per heavy atom. The van der Waals surface area contributed by atoms with Crippen LogP contribution >= 0.6 is 34.5 Å². The largest absolute Gasteiger partial charge is 0.264 e. The quantitative estimate of drug-likeness (QED) is 0.511. The van der Waals surface area contributed by atoms with Gasteiger partial charge in [0.05, 0.1) is 0 Å². The van der Waals surface area contributed by atoms with Crippen LogP contribution in [0.25, 0.3) is 17.1 Å². The highest BCUT2D eigenvalue weighted by molar-refractivity contribution is 7.17. The first kappa shape index (κ1) is 16.2. The Morgan fingerprint density at radius 2 is 1.88 bits per heavy atom. The molecular formula is C17H11Cl2N5S. The summed E-state index contributed by atoms with van der Waals surface area (Å²) in [5.74, 6) is 0.697. The Kier molecular flexibility index (Phi) is 4.48. The van der Waals surface area contributed by atoms with Crippen LogP contribution in [0.15, 0.2) is 42.7 Å². The minimum Gasteiger partial charge on any atom is -0.264 e. The lowest BCUT2D eigenvalue weighted by Crippen LogP contribution is -1.99. The molecular weight excluding hydrogens is 377 g/mol. The zero-order valence-electron chi connectivity index (χ0n) is 12.8. The molecule has 0 N–H and O–H groups in total. The van der Waals surface area contributed by atoms with Crippen molar-refractivity contribution in [2.24, 2.45) is 0 Å². The molecule has 0 saturated carbocycles. The SMILES string of the molecule is Clc1cccc(Cl)c1Cc1nnc2sc(C=Cc3cccnc3)nn12. The number of pyridine rings is 1. The third-order valence-electron chi connectivity index (χ3n) is 3.57. The van der Waals surface area contributed by atoms with Gasteiger partial charge >= 0.3 is 0 Å². The van der Waals surface area contributed by atoms with E-state index in [0.29, 0.717) is 22.3 Å². The summed E-state index contributed by atoms with van der Waals surface area (Å²) in [5, 5.41) is 15.0. The summed E-state index contributed by atoms with van der Waals surface area (Å²) < 4.78 is 1.73. The van der Waals surface area contributed by atoms with E-state index in [1.807, 2.05) is 42.5 Å². The van der Waals surface area contributed by atoms with Crippen LogP contribution in [0.2, 0.25) is 10.0 Å². The summed E-state index contributed by atoms with van der Waals surface area (Å²) in [6.07, 6.45) is 7.90. The molecule has 0 fully saturated rings. The van der Waals surface area contributed by atoms with E-state index in [-0.39, 0.29) is 0 Å². The summed E-state index contributed by atoms with van der Waals surface area (Å²) in [4.78, 5) is 4.81. The van der Waals surface area contributed by atoms with Crippen molar-refractivity contribution in [2.75, 3.05) is 0 Å². The van der Waals surface area contributed by atoms with E-state index < -0.39 is 0 Å². The van der Waals surface area contributed by atoms with Crippen LogP contribution in [-0.4, -0.2) is 24.8 Å². The molecule has 3 aromatic heterocycles. The van der Waals surface area contributed by atoms with Crippen LogP contribution in [0.4, 0.5) is 0 Å². The first-order valence-electron chi connectivity index (χ1n) is 7.43. The van der Waals surface area contributed by atoms with Gasteiger partial charge in [0.25, 0.3) is 0 Å². The Hall–Kier alpha value is -2.28. The number of fused-ring (bicyclic) bond motifs is 1. The van der Waals surface area contributed by atoms with Gasteiger partial charge in [0.1, 0.15) is 5.01 Å². The van der Waals surface area contributed by atoms with Crippen LogP contribution < -0.4 is 0 Å². The predicted octanol–water partition coefficient (Wildman–Crippen LogP) is 4.65. The maximum Gasteiger partial charge on any atom is 0.234 e. The summed E-state index contributed by atoms with van der Waals surface area (Å²) in [5.41, 5.74) is 1.83. The van der Waals surface area contributed by atoms with Crippen molar-refractivity contribution in [3.05, 3.63) is 74.7 Å². The second-order valence-electron chi connectivity index (χ2n) is 5.25. The van der Waals surface area contributed by atoms with Crippen molar-refractivity contribution in [1.82, 2.24) is 24.8 Å². The van der Waals surface area contributed by atoms with Gasteiger partial charge < -0.3 is 0 Å². The zero-order valence-corrected chi connectivity index (χ0v) is 15.1. The van der Waals surface area contributed by atoms with E-state index >= 15 is 0 Å². The molecule has 4 aromatic rings. The molecule has 8 heteroatoms. The molecule has 0 atom stereocenters. The van der Waals surface area contributed by atoms with Gasteiger partial charge in [0, 0.05) is 28.9 Å². The van der Waals surface area contributed by atoms with E-state index in [1.54, 1.807) is 16.9 Å². The predicted molar refractivity (Wildman–Crippen MR) is 101 cm³/mol. The van der Waals surface area contributed by atoms with Gasteiger partial charge in [-0.2, -0.15) is 9.61 Å². The van der Waals surface area contributed by atoms with E-state index in [9.17, 15) is 0 Å². The van der Waals surface area contributed by atoms with Crippen molar-refractivity contribution < 1.29 is 0 Å². The van der Waals surface area contributed by atoms with E-state index in [1.165, 1.54) is 11.3 Å². The molecule has 3 heterocycles. The van der Waals surface area contributed by atoms with Gasteiger partial charge in [-0.15, -0.1) is 10.2 Å². The van der Waals surface area contributed by atoms with Gasteiger partial charge in [0.15, 0.2) is 5.82 Å². The average molecular weight is 388 g/mol. The number of aromatic nitrogens is 5. The van der Waals surface area contributed by atoms with Gasteiger partial charge in [-0.1, -0.05) is 52.7 Å². The molecule has 0 aliphatic carbocycles. The summed E-state index contributed by atoms with van der Waals surface area (Å²) >= 11 is 13.9. The smallest absolute Gasteiger partial charge is 0.234 e. The Bertz CT molecular complexity index is 1040. The molecule has 0 spiro atoms. The number of rotatable bonds is 4. The fraction of sp³-hybridized carbons (Fsp3) is 0.0588. The van der Waals surface area contributed by atoms with Gasteiger partial charge in [-0.05, 0) is 35.4 Å². The number of halogens is 2. The van der Waals surface area contributed by atoms with Crippen LogP contribution in [0, 0.1) is 0 Å². The molecule has 0 unspecified atom stereocenters. The zero-order chi connectivity index (χ0) is 17.2. The van der Waals surface area contributed by atoms with Gasteiger partial charge in [-0.25, -0.2) is 0 Å². The fourth-order valence-corrected chi connectivity index (χ4v) is 3.64. The Balaban J connectivity index is 1.64. The molecule has 0 bridgehead atoms. The number of nitrogens with zero attached hydrogens (tertiary/aromatic N) is 5. The monoisotopic (exact) mass is 387 g/mol. The van der Waals surface area contributed by atoms with E-state index in [4.69, 9.17) is 23.2 Å². The van der Waals surface area contributed by atoms with Crippen LogP contribution in [0.3, 0.4) is 0 Å². The summed E-state index contributed by atoms with van der Waals surface area (Å²) in [6, 6.07) is 9.31. The van der Waals surface area contributed by atoms with Crippen molar-refractivity contribution in [2.45, 2.75) is 6.42 Å². The van der Waals surface area contributed by atoms with Crippen LogP contribution in [-0.2, 0) is 6.42 Å². The minimum atomic E-state index is 0.467. The standard InChI is InChI=1S/C17H11Cl2N5S/c18-13-4-1-5-14(19)12(13)9-15-21-22-17-24(15)23-16(25-17)7-6-11-3-2-8-20-10-11/h1-8,10H,9H2. The molecule has 124 valence electrons. The number of benzene rings is 1. The highest BCUT2D eigenvalue weighted by Gasteiger charge is 2.14. The third-order valence-corrected chi connectivity index (χ3v) is 5.14. The number of hydrogen-bond donors (Lipinski definition) is 0. The number of hydrogen-bond acceptors (Lipinski definition) is 5. The molecule has 0 aliphatic rings. The minimum absolute atomic E-state index is 0.467. The topological polar surface area (TPSA) is 56.0 Å². The highest BCUT2D eigenvalue weighted by Crippen LogP contribution is 2.27. The Labute approximate surface area is 157 Å². The summed E-state index contributed by atoms with van der Waals surface area (Å²) in [6.45, 7) is 0. The highest BCUT2D eigenvalue weighted by atomic mass is 35.5. The molecule has 4 rings (SSSR count). The second-order valence-corrected chi connectivity index (χ2v) is 7.05. The molecule has 1 aromatic carbocycles. The van der Waals surface area contributed by atoms with Crippen LogP contribution in [0.5, 0.6) is 0 Å². The van der Waals surface area contributed by atoms with Crippen molar-refractivity contribution >= 4 is 51.7 Å². The fourth-order valence-electron chi connectivity index (χ4n) is 2.35. The normalized spacial score (nSPS) is 11.6. The lowest BCUT2D eigenvalue weighted by Gasteiger charge is -2.04. The van der Waals surface area contributed by atoms with Crippen molar-refractivity contribution in [3.63, 3.8) is 0 Å². The van der Waals surface area contributed by atoms with Crippen LogP contribution in [0.1, 0.15) is 22.0 Å². The molecule has 0 aliphatic heterocycles. The maximum atomic E-state index is 6.24.